The number of benzene rings is 1. The Labute approximate surface area is 155 Å². The van der Waals surface area contributed by atoms with Crippen LogP contribution in [0.4, 0.5) is 5.69 Å². The van der Waals surface area contributed by atoms with Crippen molar-refractivity contribution in [2.45, 2.75) is 19.8 Å². The van der Waals surface area contributed by atoms with Gasteiger partial charge in [0.15, 0.2) is 0 Å². The molecule has 1 aromatic heterocycles. The lowest BCUT2D eigenvalue weighted by atomic mass is 10.0. The predicted octanol–water partition coefficient (Wildman–Crippen LogP) is 5.23. The molecule has 0 bridgehead atoms. The van der Waals surface area contributed by atoms with Crippen molar-refractivity contribution in [1.29, 1.82) is 0 Å². The number of anilines is 1. The summed E-state index contributed by atoms with van der Waals surface area (Å²) in [4.78, 5) is 11.7. The van der Waals surface area contributed by atoms with Crippen molar-refractivity contribution < 1.29 is 9.90 Å². The number of nitrogens with zero attached hydrogens (tertiary/aromatic N) is 1. The molecule has 0 amide bonds. The molecule has 0 radical (unpaired) electrons. The zero-order valence-electron chi connectivity index (χ0n) is 14.3. The molecule has 0 aliphatic heterocycles. The van der Waals surface area contributed by atoms with Crippen LogP contribution >= 0.6 is 15.9 Å². The second kappa shape index (κ2) is 6.92. The summed E-state index contributed by atoms with van der Waals surface area (Å²) in [6, 6.07) is 5.94. The highest BCUT2D eigenvalue weighted by Crippen LogP contribution is 2.38. The van der Waals surface area contributed by atoms with Gasteiger partial charge in [-0.3, -0.25) is 0 Å². The van der Waals surface area contributed by atoms with E-state index >= 15 is 0 Å². The van der Waals surface area contributed by atoms with Crippen LogP contribution in [0.2, 0.25) is 0 Å². The molecule has 1 aromatic carbocycles. The van der Waals surface area contributed by atoms with Gasteiger partial charge < -0.3 is 15.0 Å². The highest BCUT2D eigenvalue weighted by Gasteiger charge is 2.25. The summed E-state index contributed by atoms with van der Waals surface area (Å²) >= 11 is 3.58. The Kier molecular flexibility index (Phi) is 4.86. The monoisotopic (exact) mass is 400 g/mol. The number of hydrogen-bond donors (Lipinski definition) is 2. The fourth-order valence-corrected chi connectivity index (χ4v) is 3.75. The van der Waals surface area contributed by atoms with Crippen molar-refractivity contribution in [2.75, 3.05) is 5.32 Å². The van der Waals surface area contributed by atoms with Crippen LogP contribution < -0.4 is 5.32 Å². The van der Waals surface area contributed by atoms with Gasteiger partial charge in [0.1, 0.15) is 0 Å². The number of carboxylic acids is 1. The van der Waals surface area contributed by atoms with Crippen LogP contribution in [0.15, 0.2) is 64.4 Å². The smallest absolute Gasteiger partial charge is 0.337 e. The molecule has 0 spiro atoms. The number of allylic oxidation sites excluding steroid dienone is 3. The van der Waals surface area contributed by atoms with Crippen LogP contribution in [0.1, 0.15) is 19.8 Å². The first kappa shape index (κ1) is 17.5. The summed E-state index contributed by atoms with van der Waals surface area (Å²) in [5.41, 5.74) is 3.55. The van der Waals surface area contributed by atoms with E-state index in [1.54, 1.807) is 6.08 Å². The van der Waals surface area contributed by atoms with Crippen molar-refractivity contribution in [1.82, 2.24) is 4.57 Å². The molecule has 0 unspecified atom stereocenters. The molecule has 0 atom stereocenters. The molecule has 1 heterocycles. The topological polar surface area (TPSA) is 54.3 Å². The summed E-state index contributed by atoms with van der Waals surface area (Å²) in [7, 11) is 1.99. The van der Waals surface area contributed by atoms with E-state index in [1.807, 2.05) is 49.0 Å². The normalized spacial score (nSPS) is 15.5. The first-order chi connectivity index (χ1) is 11.9. The molecule has 1 aliphatic carbocycles. The van der Waals surface area contributed by atoms with E-state index < -0.39 is 5.97 Å². The Hall–Kier alpha value is -2.27. The minimum absolute atomic E-state index is 0.198. The number of aryl methyl sites for hydroxylation is 1. The molecule has 0 saturated heterocycles. The van der Waals surface area contributed by atoms with Crippen LogP contribution in [-0.4, -0.2) is 15.6 Å². The third-order valence-electron chi connectivity index (χ3n) is 4.47. The molecular formula is C20H21BrN2O2. The lowest BCUT2D eigenvalue weighted by Crippen LogP contribution is -2.10. The van der Waals surface area contributed by atoms with E-state index in [4.69, 9.17) is 0 Å². The van der Waals surface area contributed by atoms with Gasteiger partial charge in [0.2, 0.25) is 0 Å². The van der Waals surface area contributed by atoms with Crippen LogP contribution in [0.5, 0.6) is 0 Å². The number of rotatable bonds is 6. The molecule has 2 N–H and O–H groups in total. The SMILES string of the molecule is C=C(Nc1cc(Br)c2c(ccn2C)c1)/C(=C\C(=C/C)C1CC1)C(=O)O. The third kappa shape index (κ3) is 3.71. The van der Waals surface area contributed by atoms with Crippen molar-refractivity contribution in [3.8, 4) is 0 Å². The number of halogens is 1. The van der Waals surface area contributed by atoms with E-state index in [0.29, 0.717) is 11.6 Å². The van der Waals surface area contributed by atoms with E-state index in [1.165, 1.54) is 0 Å². The molecule has 1 aliphatic rings. The highest BCUT2D eigenvalue weighted by molar-refractivity contribution is 9.10. The van der Waals surface area contributed by atoms with Crippen LogP contribution in [0.25, 0.3) is 10.9 Å². The molecular weight excluding hydrogens is 380 g/mol. The lowest BCUT2D eigenvalue weighted by Gasteiger charge is -2.13. The molecule has 25 heavy (non-hydrogen) atoms. The molecule has 1 fully saturated rings. The van der Waals surface area contributed by atoms with Crippen molar-refractivity contribution in [3.63, 3.8) is 0 Å². The van der Waals surface area contributed by atoms with Gasteiger partial charge in [0.05, 0.1) is 11.1 Å². The number of carboxylic acid groups (broad SMARTS) is 1. The quantitative estimate of drug-likeness (QED) is 0.515. The van der Waals surface area contributed by atoms with Gasteiger partial charge in [-0.05, 0) is 71.5 Å². The maximum Gasteiger partial charge on any atom is 0.337 e. The van der Waals surface area contributed by atoms with Gasteiger partial charge in [-0.15, -0.1) is 0 Å². The molecule has 5 heteroatoms. The molecule has 1 saturated carbocycles. The van der Waals surface area contributed by atoms with Gasteiger partial charge in [-0.25, -0.2) is 4.79 Å². The first-order valence-corrected chi connectivity index (χ1v) is 9.02. The Balaban J connectivity index is 1.89. The Morgan fingerprint density at radius 3 is 2.76 bits per heavy atom. The van der Waals surface area contributed by atoms with Crippen molar-refractivity contribution >= 4 is 38.5 Å². The minimum Gasteiger partial charge on any atom is -0.478 e. The van der Waals surface area contributed by atoms with Crippen molar-refractivity contribution in [3.05, 3.63) is 64.4 Å². The maximum absolute atomic E-state index is 11.7. The zero-order valence-corrected chi connectivity index (χ0v) is 15.9. The molecule has 130 valence electrons. The van der Waals surface area contributed by atoms with Crippen LogP contribution in [0.3, 0.4) is 0 Å². The standard InChI is InChI=1S/C20H21BrN2O2/c1-4-13(14-5-6-14)10-17(20(24)25)12(2)22-16-9-15-7-8-23(3)19(15)18(21)11-16/h4,7-11,14,22H,2,5-6H2,1,3H3,(H,24,25)/b13-4+,17-10+. The average molecular weight is 401 g/mol. The number of aromatic nitrogens is 1. The Bertz CT molecular complexity index is 917. The number of aliphatic carboxylic acids is 1. The summed E-state index contributed by atoms with van der Waals surface area (Å²) < 4.78 is 2.98. The Morgan fingerprint density at radius 2 is 2.16 bits per heavy atom. The van der Waals surface area contributed by atoms with E-state index in [-0.39, 0.29) is 5.57 Å². The van der Waals surface area contributed by atoms with Gasteiger partial charge >= 0.3 is 5.97 Å². The second-order valence-electron chi connectivity index (χ2n) is 6.35. The number of nitrogens with one attached hydrogen (secondary N) is 1. The van der Waals surface area contributed by atoms with Gasteiger partial charge in [0.25, 0.3) is 0 Å². The molecule has 4 nitrogen and oxygen atoms in total. The third-order valence-corrected chi connectivity index (χ3v) is 5.07. The molecule has 2 aromatic rings. The predicted molar refractivity (Wildman–Crippen MR) is 106 cm³/mol. The minimum atomic E-state index is -0.975. The van der Waals surface area contributed by atoms with Crippen molar-refractivity contribution in [2.24, 2.45) is 13.0 Å². The average Bonchev–Trinajstić information content (AvgIpc) is 3.31. The lowest BCUT2D eigenvalue weighted by molar-refractivity contribution is -0.132. The summed E-state index contributed by atoms with van der Waals surface area (Å²) in [5, 5.41) is 13.8. The van der Waals surface area contributed by atoms with Gasteiger partial charge in [-0.2, -0.15) is 0 Å². The number of fused-ring (bicyclic) bond motifs is 1. The van der Waals surface area contributed by atoms with Crippen LogP contribution in [-0.2, 0) is 11.8 Å². The number of carbonyl (C=O) groups is 1. The highest BCUT2D eigenvalue weighted by atomic mass is 79.9. The fourth-order valence-electron chi connectivity index (χ4n) is 3.00. The van der Waals surface area contributed by atoms with Gasteiger partial charge in [-0.1, -0.05) is 12.7 Å². The Morgan fingerprint density at radius 1 is 1.44 bits per heavy atom. The molecule has 3 rings (SSSR count). The second-order valence-corrected chi connectivity index (χ2v) is 7.21. The zero-order chi connectivity index (χ0) is 18.1. The summed E-state index contributed by atoms with van der Waals surface area (Å²) in [6.07, 6.45) is 7.97. The summed E-state index contributed by atoms with van der Waals surface area (Å²) in [6.45, 7) is 5.89. The first-order valence-electron chi connectivity index (χ1n) is 8.22. The van der Waals surface area contributed by atoms with Crippen LogP contribution in [0, 0.1) is 5.92 Å². The largest absolute Gasteiger partial charge is 0.478 e. The van der Waals surface area contributed by atoms with E-state index in [2.05, 4.69) is 27.8 Å². The van der Waals surface area contributed by atoms with Gasteiger partial charge in [0, 0.05) is 34.5 Å². The fraction of sp³-hybridized carbons (Fsp3) is 0.250. The summed E-state index contributed by atoms with van der Waals surface area (Å²) in [5.74, 6) is -0.487. The van der Waals surface area contributed by atoms with E-state index in [9.17, 15) is 9.90 Å². The maximum atomic E-state index is 11.7. The number of hydrogen-bond acceptors (Lipinski definition) is 2. The van der Waals surface area contributed by atoms with E-state index in [0.717, 1.165) is 39.5 Å².